The third kappa shape index (κ3) is 5.77. The highest BCUT2D eigenvalue weighted by atomic mass is 32.2. The average Bonchev–Trinajstić information content (AvgIpc) is 2.79. The van der Waals surface area contributed by atoms with Crippen molar-refractivity contribution >= 4 is 21.6 Å². The van der Waals surface area contributed by atoms with Crippen LogP contribution in [-0.4, -0.2) is 45.4 Å². The van der Waals surface area contributed by atoms with E-state index >= 15 is 0 Å². The number of nitrogens with one attached hydrogen (secondary N) is 1. The highest BCUT2D eigenvalue weighted by molar-refractivity contribution is 7.89. The Bertz CT molecular complexity index is 1050. The molecule has 0 atom stereocenters. The van der Waals surface area contributed by atoms with Crippen molar-refractivity contribution in [3.05, 3.63) is 47.8 Å². The number of hydrogen-bond acceptors (Lipinski definition) is 5. The fourth-order valence-corrected chi connectivity index (χ4v) is 5.18. The Morgan fingerprint density at radius 3 is 2.47 bits per heavy atom. The largest absolute Gasteiger partial charge is 0.494 e. The summed E-state index contributed by atoms with van der Waals surface area (Å²) in [6.07, 6.45) is 3.12. The predicted octanol–water partition coefficient (Wildman–Crippen LogP) is 3.98. The van der Waals surface area contributed by atoms with Gasteiger partial charge in [-0.05, 0) is 62.1 Å². The Hall–Kier alpha value is -2.65. The minimum absolute atomic E-state index is 0.0977. The Kier molecular flexibility index (Phi) is 8.09. The second kappa shape index (κ2) is 10.8. The van der Waals surface area contributed by atoms with E-state index in [1.807, 2.05) is 6.92 Å². The number of hydrogen-bond donors (Lipinski definition) is 1. The van der Waals surface area contributed by atoms with Crippen LogP contribution in [0.5, 0.6) is 11.5 Å². The van der Waals surface area contributed by atoms with Crippen molar-refractivity contribution in [3.8, 4) is 11.5 Å². The molecule has 0 radical (unpaired) electrons. The van der Waals surface area contributed by atoms with E-state index in [2.05, 4.69) is 5.32 Å². The standard InChI is InChI=1S/C23H29FN2O5S/c1-3-31-22-11-9-18(32(28,29)26-13-5-4-6-14-26)16-20(22)25-23(27)12-8-17-7-10-21(30-2)19(24)15-17/h7,9-11,15-16H,3-6,8,12-14H2,1-2H3,(H,25,27). The van der Waals surface area contributed by atoms with Gasteiger partial charge in [0.1, 0.15) is 5.75 Å². The number of rotatable bonds is 9. The number of benzene rings is 2. The highest BCUT2D eigenvalue weighted by Gasteiger charge is 2.27. The number of amides is 1. The van der Waals surface area contributed by atoms with Crippen LogP contribution in [0.15, 0.2) is 41.3 Å². The van der Waals surface area contributed by atoms with Gasteiger partial charge in [-0.2, -0.15) is 4.31 Å². The van der Waals surface area contributed by atoms with E-state index in [1.165, 1.54) is 35.7 Å². The molecule has 1 N–H and O–H groups in total. The van der Waals surface area contributed by atoms with Gasteiger partial charge >= 0.3 is 0 Å². The van der Waals surface area contributed by atoms with E-state index in [4.69, 9.17) is 9.47 Å². The molecule has 1 saturated heterocycles. The van der Waals surface area contributed by atoms with Gasteiger partial charge < -0.3 is 14.8 Å². The Morgan fingerprint density at radius 2 is 1.81 bits per heavy atom. The molecule has 9 heteroatoms. The lowest BCUT2D eigenvalue weighted by molar-refractivity contribution is -0.116. The van der Waals surface area contributed by atoms with Gasteiger partial charge in [0.15, 0.2) is 11.6 Å². The number of anilines is 1. The van der Waals surface area contributed by atoms with Crippen LogP contribution in [0.25, 0.3) is 0 Å². The SMILES string of the molecule is CCOc1ccc(S(=O)(=O)N2CCCCC2)cc1NC(=O)CCc1ccc(OC)c(F)c1. The predicted molar refractivity (Wildman–Crippen MR) is 120 cm³/mol. The van der Waals surface area contributed by atoms with Gasteiger partial charge in [0.05, 0.1) is 24.3 Å². The number of carbonyl (C=O) groups excluding carboxylic acids is 1. The van der Waals surface area contributed by atoms with Gasteiger partial charge in [0.25, 0.3) is 0 Å². The Balaban J connectivity index is 1.74. The molecule has 32 heavy (non-hydrogen) atoms. The molecule has 3 rings (SSSR count). The molecule has 0 aromatic heterocycles. The smallest absolute Gasteiger partial charge is 0.243 e. The van der Waals surface area contributed by atoms with E-state index < -0.39 is 15.8 Å². The molecule has 2 aromatic carbocycles. The molecule has 1 fully saturated rings. The van der Waals surface area contributed by atoms with Gasteiger partial charge in [-0.15, -0.1) is 0 Å². The van der Waals surface area contributed by atoms with Gasteiger partial charge in [-0.1, -0.05) is 12.5 Å². The van der Waals surface area contributed by atoms with Crippen molar-refractivity contribution in [2.45, 2.75) is 43.9 Å². The molecular formula is C23H29FN2O5S. The summed E-state index contributed by atoms with van der Waals surface area (Å²) in [5, 5.41) is 2.75. The minimum atomic E-state index is -3.65. The van der Waals surface area contributed by atoms with Crippen molar-refractivity contribution in [1.82, 2.24) is 4.31 Å². The van der Waals surface area contributed by atoms with Crippen LogP contribution in [0, 0.1) is 5.82 Å². The van der Waals surface area contributed by atoms with Crippen molar-refractivity contribution in [3.63, 3.8) is 0 Å². The quantitative estimate of drug-likeness (QED) is 0.607. The second-order valence-electron chi connectivity index (χ2n) is 7.57. The minimum Gasteiger partial charge on any atom is -0.494 e. The molecule has 1 aliphatic rings. The number of sulfonamides is 1. The van der Waals surface area contributed by atoms with Crippen molar-refractivity contribution in [2.24, 2.45) is 0 Å². The lowest BCUT2D eigenvalue weighted by Crippen LogP contribution is -2.35. The average molecular weight is 465 g/mol. The van der Waals surface area contributed by atoms with E-state index in [0.29, 0.717) is 43.1 Å². The number of carbonyl (C=O) groups is 1. The highest BCUT2D eigenvalue weighted by Crippen LogP contribution is 2.30. The molecule has 7 nitrogen and oxygen atoms in total. The van der Waals surface area contributed by atoms with Crippen LogP contribution in [0.2, 0.25) is 0 Å². The maximum absolute atomic E-state index is 13.9. The number of ether oxygens (including phenoxy) is 2. The summed E-state index contributed by atoms with van der Waals surface area (Å²) < 4.78 is 51.9. The van der Waals surface area contributed by atoms with Crippen LogP contribution >= 0.6 is 0 Å². The maximum Gasteiger partial charge on any atom is 0.243 e. The number of halogens is 1. The molecule has 0 saturated carbocycles. The monoisotopic (exact) mass is 464 g/mol. The molecule has 1 aliphatic heterocycles. The van der Waals surface area contributed by atoms with Gasteiger partial charge in [-0.3, -0.25) is 4.79 Å². The first-order chi connectivity index (χ1) is 15.3. The van der Waals surface area contributed by atoms with Gasteiger partial charge in [-0.25, -0.2) is 12.8 Å². The summed E-state index contributed by atoms with van der Waals surface area (Å²) in [5.74, 6) is -0.269. The van der Waals surface area contributed by atoms with Crippen LogP contribution in [0.1, 0.15) is 38.2 Å². The lowest BCUT2D eigenvalue weighted by atomic mass is 10.1. The van der Waals surface area contributed by atoms with E-state index in [-0.39, 0.29) is 23.0 Å². The molecule has 2 aromatic rings. The summed E-state index contributed by atoms with van der Waals surface area (Å²) in [6, 6.07) is 9.07. The second-order valence-corrected chi connectivity index (χ2v) is 9.51. The molecule has 0 aliphatic carbocycles. The summed E-state index contributed by atoms with van der Waals surface area (Å²) >= 11 is 0. The first kappa shape index (κ1) is 24.0. The first-order valence-corrected chi connectivity index (χ1v) is 12.2. The summed E-state index contributed by atoms with van der Waals surface area (Å²) in [7, 11) is -2.26. The molecule has 1 heterocycles. The van der Waals surface area contributed by atoms with Crippen molar-refractivity contribution < 1.29 is 27.1 Å². The number of piperidine rings is 1. The zero-order valence-corrected chi connectivity index (χ0v) is 19.2. The van der Waals surface area contributed by atoms with E-state index in [0.717, 1.165) is 19.3 Å². The normalized spacial score (nSPS) is 14.7. The molecule has 0 bridgehead atoms. The maximum atomic E-state index is 13.9. The molecule has 174 valence electrons. The zero-order valence-electron chi connectivity index (χ0n) is 18.4. The lowest BCUT2D eigenvalue weighted by Gasteiger charge is -2.26. The molecule has 0 unspecified atom stereocenters. The van der Waals surface area contributed by atoms with Crippen LogP contribution in [0.4, 0.5) is 10.1 Å². The number of aryl methyl sites for hydroxylation is 1. The van der Waals surface area contributed by atoms with Crippen LogP contribution in [0.3, 0.4) is 0 Å². The Labute approximate surface area is 188 Å². The van der Waals surface area contributed by atoms with Crippen molar-refractivity contribution in [2.75, 3.05) is 32.1 Å². The molecule has 0 spiro atoms. The molecular weight excluding hydrogens is 435 g/mol. The van der Waals surface area contributed by atoms with E-state index in [9.17, 15) is 17.6 Å². The first-order valence-electron chi connectivity index (χ1n) is 10.7. The fraction of sp³-hybridized carbons (Fsp3) is 0.435. The summed E-state index contributed by atoms with van der Waals surface area (Å²) in [4.78, 5) is 12.7. The van der Waals surface area contributed by atoms with Crippen LogP contribution in [-0.2, 0) is 21.2 Å². The third-order valence-corrected chi connectivity index (χ3v) is 7.23. The summed E-state index contributed by atoms with van der Waals surface area (Å²) in [5.41, 5.74) is 0.959. The number of methoxy groups -OCH3 is 1. The van der Waals surface area contributed by atoms with Crippen LogP contribution < -0.4 is 14.8 Å². The third-order valence-electron chi connectivity index (χ3n) is 5.33. The topological polar surface area (TPSA) is 84.9 Å². The van der Waals surface area contributed by atoms with Crippen molar-refractivity contribution in [1.29, 1.82) is 0 Å². The van der Waals surface area contributed by atoms with Gasteiger partial charge in [0, 0.05) is 19.5 Å². The van der Waals surface area contributed by atoms with E-state index in [1.54, 1.807) is 12.1 Å². The molecule has 1 amide bonds. The Morgan fingerprint density at radius 1 is 1.09 bits per heavy atom. The summed E-state index contributed by atoms with van der Waals surface area (Å²) in [6.45, 7) is 3.17. The van der Waals surface area contributed by atoms with Gasteiger partial charge in [0.2, 0.25) is 15.9 Å². The number of nitrogens with zero attached hydrogens (tertiary/aromatic N) is 1. The fourth-order valence-electron chi connectivity index (χ4n) is 3.64. The zero-order chi connectivity index (χ0) is 23.1.